The van der Waals surface area contributed by atoms with E-state index in [2.05, 4.69) is 15.4 Å². The molecule has 0 bridgehead atoms. The third kappa shape index (κ3) is 6.14. The van der Waals surface area contributed by atoms with Crippen LogP contribution in [0.5, 0.6) is 0 Å². The van der Waals surface area contributed by atoms with Crippen molar-refractivity contribution in [3.63, 3.8) is 0 Å². The first-order chi connectivity index (χ1) is 9.85. The van der Waals surface area contributed by atoms with E-state index in [0.29, 0.717) is 19.5 Å². The molecule has 1 aromatic rings. The topological polar surface area (TPSA) is 87.3 Å². The summed E-state index contributed by atoms with van der Waals surface area (Å²) in [6, 6.07) is 6.58. The molecule has 1 amide bonds. The van der Waals surface area contributed by atoms with Crippen molar-refractivity contribution in [3.8, 4) is 0 Å². The number of carbonyl (C=O) groups excluding carboxylic acids is 1. The zero-order valence-electron chi connectivity index (χ0n) is 12.6. The van der Waals surface area contributed by atoms with Gasteiger partial charge in [-0.05, 0) is 38.1 Å². The predicted molar refractivity (Wildman–Crippen MR) is 83.7 cm³/mol. The molecule has 0 aliphatic rings. The summed E-state index contributed by atoms with van der Waals surface area (Å²) in [7, 11) is -3.42. The Bertz CT molecular complexity index is 553. The van der Waals surface area contributed by atoms with Crippen LogP contribution in [0.3, 0.4) is 0 Å². The van der Waals surface area contributed by atoms with E-state index in [0.717, 1.165) is 5.69 Å². The molecule has 0 aromatic heterocycles. The Morgan fingerprint density at radius 2 is 1.81 bits per heavy atom. The van der Waals surface area contributed by atoms with Crippen LogP contribution in [-0.4, -0.2) is 33.5 Å². The Hall–Kier alpha value is -1.60. The molecule has 0 atom stereocenters. The lowest BCUT2D eigenvalue weighted by Crippen LogP contribution is -2.31. The first kappa shape index (κ1) is 17.5. The van der Waals surface area contributed by atoms with Gasteiger partial charge in [0.2, 0.25) is 15.9 Å². The Morgan fingerprint density at radius 3 is 2.33 bits per heavy atom. The Balaban J connectivity index is 2.50. The van der Waals surface area contributed by atoms with Gasteiger partial charge < -0.3 is 10.6 Å². The van der Waals surface area contributed by atoms with Gasteiger partial charge in [0.25, 0.3) is 0 Å². The number of benzene rings is 1. The average molecular weight is 313 g/mol. The minimum absolute atomic E-state index is 0.0103. The van der Waals surface area contributed by atoms with Gasteiger partial charge in [-0.3, -0.25) is 4.79 Å². The fourth-order valence-electron chi connectivity index (χ4n) is 1.74. The maximum atomic E-state index is 11.8. The molecule has 0 spiro atoms. The molecule has 7 heteroatoms. The van der Waals surface area contributed by atoms with E-state index in [-0.39, 0.29) is 16.8 Å². The van der Waals surface area contributed by atoms with Crippen LogP contribution in [0.25, 0.3) is 0 Å². The molecule has 1 rings (SSSR count). The third-order valence-electron chi connectivity index (χ3n) is 2.63. The van der Waals surface area contributed by atoms with Crippen LogP contribution in [0.15, 0.2) is 29.2 Å². The summed E-state index contributed by atoms with van der Waals surface area (Å²) in [5.74, 6) is -0.0103. The third-order valence-corrected chi connectivity index (χ3v) is 4.19. The maximum absolute atomic E-state index is 11.8. The number of hydrogen-bond acceptors (Lipinski definition) is 4. The largest absolute Gasteiger partial charge is 0.385 e. The number of hydrogen-bond donors (Lipinski definition) is 3. The van der Waals surface area contributed by atoms with Gasteiger partial charge in [-0.15, -0.1) is 0 Å². The van der Waals surface area contributed by atoms with Crippen molar-refractivity contribution < 1.29 is 13.2 Å². The molecule has 3 N–H and O–H groups in total. The van der Waals surface area contributed by atoms with E-state index in [9.17, 15) is 13.2 Å². The molecule has 0 unspecified atom stereocenters. The van der Waals surface area contributed by atoms with Gasteiger partial charge in [0.05, 0.1) is 4.90 Å². The molecule has 118 valence electrons. The van der Waals surface area contributed by atoms with Gasteiger partial charge in [-0.25, -0.2) is 13.1 Å². The zero-order chi connectivity index (χ0) is 15.9. The van der Waals surface area contributed by atoms with E-state index < -0.39 is 10.0 Å². The van der Waals surface area contributed by atoms with Crippen molar-refractivity contribution in [1.82, 2.24) is 10.0 Å². The highest BCUT2D eigenvalue weighted by molar-refractivity contribution is 7.89. The van der Waals surface area contributed by atoms with Crippen LogP contribution in [-0.2, 0) is 14.8 Å². The molecule has 0 heterocycles. The molecule has 0 saturated carbocycles. The molecule has 1 aromatic carbocycles. The van der Waals surface area contributed by atoms with E-state index in [1.54, 1.807) is 19.1 Å². The van der Waals surface area contributed by atoms with Crippen molar-refractivity contribution >= 4 is 21.6 Å². The molecule has 0 aliphatic carbocycles. The second-order valence-electron chi connectivity index (χ2n) is 4.92. The van der Waals surface area contributed by atoms with Crippen LogP contribution in [0.2, 0.25) is 0 Å². The van der Waals surface area contributed by atoms with Gasteiger partial charge in [-0.2, -0.15) is 0 Å². The molecular weight excluding hydrogens is 290 g/mol. The van der Waals surface area contributed by atoms with Crippen molar-refractivity contribution in [3.05, 3.63) is 24.3 Å². The highest BCUT2D eigenvalue weighted by Crippen LogP contribution is 2.13. The van der Waals surface area contributed by atoms with E-state index in [4.69, 9.17) is 0 Å². The van der Waals surface area contributed by atoms with E-state index in [1.807, 2.05) is 13.8 Å². The van der Waals surface area contributed by atoms with E-state index >= 15 is 0 Å². The number of anilines is 1. The molecule has 21 heavy (non-hydrogen) atoms. The Morgan fingerprint density at radius 1 is 1.19 bits per heavy atom. The average Bonchev–Trinajstić information content (AvgIpc) is 2.38. The van der Waals surface area contributed by atoms with Crippen LogP contribution in [0, 0.1) is 0 Å². The highest BCUT2D eigenvalue weighted by Gasteiger charge is 2.11. The number of rotatable bonds is 8. The van der Waals surface area contributed by atoms with Gasteiger partial charge in [0.15, 0.2) is 0 Å². The predicted octanol–water partition coefficient (Wildman–Crippen LogP) is 1.31. The normalized spacial score (nSPS) is 11.4. The monoisotopic (exact) mass is 313 g/mol. The van der Waals surface area contributed by atoms with Crippen molar-refractivity contribution in [2.75, 3.05) is 18.4 Å². The first-order valence-corrected chi connectivity index (χ1v) is 8.46. The van der Waals surface area contributed by atoms with Crippen LogP contribution >= 0.6 is 0 Å². The molecule has 0 radical (unpaired) electrons. The van der Waals surface area contributed by atoms with E-state index in [1.165, 1.54) is 12.1 Å². The smallest absolute Gasteiger partial charge is 0.240 e. The summed E-state index contributed by atoms with van der Waals surface area (Å²) in [6.45, 7) is 6.41. The van der Waals surface area contributed by atoms with Gasteiger partial charge >= 0.3 is 0 Å². The molecule has 0 aliphatic heterocycles. The van der Waals surface area contributed by atoms with Gasteiger partial charge in [-0.1, -0.05) is 6.92 Å². The molecule has 6 nitrogen and oxygen atoms in total. The molecular formula is C14H23N3O3S. The van der Waals surface area contributed by atoms with Crippen molar-refractivity contribution in [2.45, 2.75) is 38.1 Å². The fraction of sp³-hybridized carbons (Fsp3) is 0.500. The summed E-state index contributed by atoms with van der Waals surface area (Å²) in [5, 5.41) is 5.89. The summed E-state index contributed by atoms with van der Waals surface area (Å²) < 4.78 is 26.0. The second-order valence-corrected chi connectivity index (χ2v) is 6.69. The SMILES string of the molecule is CCNS(=O)(=O)c1ccc(NCCC(=O)NC(C)C)cc1. The Kier molecular flexibility index (Phi) is 6.64. The lowest BCUT2D eigenvalue weighted by atomic mass is 10.3. The highest BCUT2D eigenvalue weighted by atomic mass is 32.2. The first-order valence-electron chi connectivity index (χ1n) is 6.98. The lowest BCUT2D eigenvalue weighted by Gasteiger charge is -2.10. The quantitative estimate of drug-likeness (QED) is 0.675. The van der Waals surface area contributed by atoms with Crippen molar-refractivity contribution in [1.29, 1.82) is 0 Å². The van der Waals surface area contributed by atoms with Crippen LogP contribution in [0.1, 0.15) is 27.2 Å². The lowest BCUT2D eigenvalue weighted by molar-refractivity contribution is -0.121. The summed E-state index contributed by atoms with van der Waals surface area (Å²) in [4.78, 5) is 11.7. The molecule has 0 saturated heterocycles. The zero-order valence-corrected chi connectivity index (χ0v) is 13.5. The number of amides is 1. The van der Waals surface area contributed by atoms with Gasteiger partial charge in [0.1, 0.15) is 0 Å². The number of nitrogens with one attached hydrogen (secondary N) is 3. The maximum Gasteiger partial charge on any atom is 0.240 e. The minimum Gasteiger partial charge on any atom is -0.385 e. The molecule has 0 fully saturated rings. The second kappa shape index (κ2) is 7.99. The summed E-state index contributed by atoms with van der Waals surface area (Å²) >= 11 is 0. The number of sulfonamides is 1. The summed E-state index contributed by atoms with van der Waals surface area (Å²) in [6.07, 6.45) is 0.371. The minimum atomic E-state index is -3.42. The van der Waals surface area contributed by atoms with Crippen LogP contribution < -0.4 is 15.4 Å². The standard InChI is InChI=1S/C14H23N3O3S/c1-4-16-21(19,20)13-7-5-12(6-8-13)15-10-9-14(18)17-11(2)3/h5-8,11,15-16H,4,9-10H2,1-3H3,(H,17,18). The van der Waals surface area contributed by atoms with Crippen LogP contribution in [0.4, 0.5) is 5.69 Å². The number of carbonyl (C=O) groups is 1. The fourth-order valence-corrected chi connectivity index (χ4v) is 2.78. The summed E-state index contributed by atoms with van der Waals surface area (Å²) in [5.41, 5.74) is 0.780. The Labute approximate surface area is 126 Å². The van der Waals surface area contributed by atoms with Gasteiger partial charge in [0, 0.05) is 31.2 Å². The van der Waals surface area contributed by atoms with Crippen molar-refractivity contribution in [2.24, 2.45) is 0 Å².